The van der Waals surface area contributed by atoms with Crippen molar-refractivity contribution in [2.24, 2.45) is 0 Å². The van der Waals surface area contributed by atoms with E-state index in [-0.39, 0.29) is 0 Å². The third-order valence-corrected chi connectivity index (χ3v) is 7.62. The number of nitrogens with one attached hydrogen (secondary N) is 1. The van der Waals surface area contributed by atoms with Crippen LogP contribution in [0, 0.1) is 36.7 Å². The molecule has 0 bridgehead atoms. The minimum absolute atomic E-state index is 0.344. The maximum absolute atomic E-state index is 12.9. The summed E-state index contributed by atoms with van der Waals surface area (Å²) in [7, 11) is -3.46. The summed E-state index contributed by atoms with van der Waals surface area (Å²) >= 11 is 5.51. The number of piperazine rings is 1. The second-order valence-corrected chi connectivity index (χ2v) is 9.64. The molecular weight excluding hydrogens is 392 g/mol. The molecule has 6 nitrogen and oxygen atoms in total. The average Bonchev–Trinajstić information content (AvgIpc) is 2.66. The molecule has 148 valence electrons. The molecular formula is C20H25N4O2S2+. The predicted molar refractivity (Wildman–Crippen MR) is 110 cm³/mol. The molecule has 0 spiro atoms. The molecule has 0 aliphatic carbocycles. The lowest BCUT2D eigenvalue weighted by Gasteiger charge is -2.32. The molecule has 3 rings (SSSR count). The van der Waals surface area contributed by atoms with E-state index in [4.69, 9.17) is 12.2 Å². The summed E-state index contributed by atoms with van der Waals surface area (Å²) in [6.45, 7) is 8.79. The van der Waals surface area contributed by atoms with Crippen LogP contribution >= 0.6 is 12.2 Å². The van der Waals surface area contributed by atoms with Crippen molar-refractivity contribution in [3.05, 3.63) is 57.4 Å². The number of aryl methyl sites for hydroxylation is 3. The van der Waals surface area contributed by atoms with Crippen LogP contribution in [0.4, 0.5) is 0 Å². The van der Waals surface area contributed by atoms with Gasteiger partial charge in [-0.05, 0) is 44.5 Å². The lowest BCUT2D eigenvalue weighted by Crippen LogP contribution is -3.14. The summed E-state index contributed by atoms with van der Waals surface area (Å²) in [5.74, 6) is 0. The second-order valence-electron chi connectivity index (χ2n) is 7.31. The Labute approximate surface area is 171 Å². The fourth-order valence-corrected chi connectivity index (χ4v) is 5.40. The molecule has 2 aromatic rings. The summed E-state index contributed by atoms with van der Waals surface area (Å²) in [5.41, 5.74) is 3.49. The van der Waals surface area contributed by atoms with Crippen LogP contribution in [-0.2, 0) is 16.7 Å². The number of quaternary nitrogens is 1. The van der Waals surface area contributed by atoms with E-state index >= 15 is 0 Å². The van der Waals surface area contributed by atoms with Crippen LogP contribution < -0.4 is 4.90 Å². The summed E-state index contributed by atoms with van der Waals surface area (Å²) in [6.07, 6.45) is 0. The highest BCUT2D eigenvalue weighted by Gasteiger charge is 2.30. The Morgan fingerprint density at radius 3 is 2.32 bits per heavy atom. The van der Waals surface area contributed by atoms with Crippen molar-refractivity contribution in [1.29, 1.82) is 5.26 Å². The number of sulfonamides is 1. The highest BCUT2D eigenvalue weighted by atomic mass is 32.2. The SMILES string of the molecule is Cc1ccc(S(=O)(=O)N2CC[NH+](Cn3c(C)cc(C)c(C#N)c3=S)CC2)cc1. The topological polar surface area (TPSA) is 70.5 Å². The van der Waals surface area contributed by atoms with Gasteiger partial charge in [-0.1, -0.05) is 29.9 Å². The minimum Gasteiger partial charge on any atom is -0.315 e. The first-order valence-corrected chi connectivity index (χ1v) is 11.1. The maximum Gasteiger partial charge on any atom is 0.243 e. The first-order chi connectivity index (χ1) is 13.2. The van der Waals surface area contributed by atoms with Crippen LogP contribution in [0.1, 0.15) is 22.4 Å². The van der Waals surface area contributed by atoms with Crippen LogP contribution in [0.15, 0.2) is 35.2 Å². The number of hydrogen-bond donors (Lipinski definition) is 1. The largest absolute Gasteiger partial charge is 0.315 e. The molecule has 1 aliphatic heterocycles. The standard InChI is InChI=1S/C20H24N4O2S2/c1-15-4-6-18(7-5-15)28(25,26)23-10-8-22(9-11-23)14-24-17(3)12-16(2)19(13-21)20(24)27/h4-7,12H,8-11,14H2,1-3H3/p+1. The van der Waals surface area contributed by atoms with Crippen LogP contribution in [0.3, 0.4) is 0 Å². The molecule has 1 N–H and O–H groups in total. The zero-order chi connectivity index (χ0) is 20.5. The van der Waals surface area contributed by atoms with E-state index in [1.165, 1.54) is 4.90 Å². The van der Waals surface area contributed by atoms with E-state index in [9.17, 15) is 13.7 Å². The molecule has 28 heavy (non-hydrogen) atoms. The number of aromatic nitrogens is 1. The second kappa shape index (κ2) is 8.13. The van der Waals surface area contributed by atoms with Crippen LogP contribution in [0.25, 0.3) is 0 Å². The first kappa shape index (κ1) is 20.7. The number of nitriles is 1. The number of rotatable bonds is 4. The monoisotopic (exact) mass is 417 g/mol. The highest BCUT2D eigenvalue weighted by Crippen LogP contribution is 2.16. The van der Waals surface area contributed by atoms with Crippen molar-refractivity contribution in [3.8, 4) is 6.07 Å². The Morgan fingerprint density at radius 2 is 1.75 bits per heavy atom. The smallest absolute Gasteiger partial charge is 0.243 e. The van der Waals surface area contributed by atoms with Crippen molar-refractivity contribution in [2.75, 3.05) is 26.2 Å². The van der Waals surface area contributed by atoms with Gasteiger partial charge in [0.15, 0.2) is 6.67 Å². The molecule has 1 aromatic heterocycles. The van der Waals surface area contributed by atoms with Crippen LogP contribution in [0.5, 0.6) is 0 Å². The molecule has 8 heteroatoms. The van der Waals surface area contributed by atoms with E-state index in [1.807, 2.05) is 43.5 Å². The van der Waals surface area contributed by atoms with Crippen molar-refractivity contribution < 1.29 is 13.3 Å². The molecule has 1 aromatic carbocycles. The van der Waals surface area contributed by atoms with Gasteiger partial charge in [0.05, 0.1) is 36.6 Å². The maximum atomic E-state index is 12.9. The van der Waals surface area contributed by atoms with Crippen molar-refractivity contribution in [2.45, 2.75) is 32.3 Å². The van der Waals surface area contributed by atoms with Gasteiger partial charge < -0.3 is 4.90 Å². The number of pyridine rings is 1. The molecule has 1 fully saturated rings. The van der Waals surface area contributed by atoms with Gasteiger partial charge in [0.2, 0.25) is 10.0 Å². The van der Waals surface area contributed by atoms with Gasteiger partial charge in [-0.3, -0.25) is 4.57 Å². The van der Waals surface area contributed by atoms with E-state index in [1.54, 1.807) is 16.4 Å². The Hall–Kier alpha value is -2.05. The molecule has 0 unspecified atom stereocenters. The lowest BCUT2D eigenvalue weighted by molar-refractivity contribution is -0.926. The third kappa shape index (κ3) is 4.03. The van der Waals surface area contributed by atoms with Gasteiger partial charge >= 0.3 is 0 Å². The fourth-order valence-electron chi connectivity index (χ4n) is 3.54. The normalized spacial score (nSPS) is 16.1. The molecule has 1 saturated heterocycles. The van der Waals surface area contributed by atoms with E-state index in [0.717, 1.165) is 16.8 Å². The molecule has 0 saturated carbocycles. The van der Waals surface area contributed by atoms with Gasteiger partial charge in [0.25, 0.3) is 0 Å². The number of hydrogen-bond acceptors (Lipinski definition) is 4. The Kier molecular flexibility index (Phi) is 6.01. The summed E-state index contributed by atoms with van der Waals surface area (Å²) in [5, 5.41) is 9.36. The third-order valence-electron chi connectivity index (χ3n) is 5.29. The predicted octanol–water partition coefficient (Wildman–Crippen LogP) is 1.56. The molecule has 0 atom stereocenters. The van der Waals surface area contributed by atoms with Gasteiger partial charge in [0, 0.05) is 5.69 Å². The van der Waals surface area contributed by atoms with Gasteiger partial charge in [-0.15, -0.1) is 0 Å². The fraction of sp³-hybridized carbons (Fsp3) is 0.400. The highest BCUT2D eigenvalue weighted by molar-refractivity contribution is 7.89. The Bertz CT molecular complexity index is 1070. The average molecular weight is 418 g/mol. The lowest BCUT2D eigenvalue weighted by atomic mass is 10.1. The summed E-state index contributed by atoms with van der Waals surface area (Å²) in [6, 6.07) is 11.2. The van der Waals surface area contributed by atoms with E-state index in [0.29, 0.717) is 47.9 Å². The van der Waals surface area contributed by atoms with Gasteiger partial charge in [0.1, 0.15) is 10.7 Å². The van der Waals surface area contributed by atoms with Crippen LogP contribution in [0.2, 0.25) is 0 Å². The summed E-state index contributed by atoms with van der Waals surface area (Å²) < 4.78 is 29.8. The van der Waals surface area contributed by atoms with Gasteiger partial charge in [-0.2, -0.15) is 9.57 Å². The quantitative estimate of drug-likeness (QED) is 0.767. The van der Waals surface area contributed by atoms with Crippen molar-refractivity contribution in [1.82, 2.24) is 8.87 Å². The van der Waals surface area contributed by atoms with Crippen molar-refractivity contribution in [3.63, 3.8) is 0 Å². The Balaban J connectivity index is 1.72. The molecule has 1 aliphatic rings. The first-order valence-electron chi connectivity index (χ1n) is 9.25. The van der Waals surface area contributed by atoms with E-state index in [2.05, 4.69) is 6.07 Å². The molecule has 2 heterocycles. The minimum atomic E-state index is -3.46. The van der Waals surface area contributed by atoms with Crippen molar-refractivity contribution >= 4 is 22.2 Å². The molecule has 0 radical (unpaired) electrons. The zero-order valence-corrected chi connectivity index (χ0v) is 18.0. The van der Waals surface area contributed by atoms with Gasteiger partial charge in [-0.25, -0.2) is 8.42 Å². The number of benzene rings is 1. The van der Waals surface area contributed by atoms with Crippen LogP contribution in [-0.4, -0.2) is 43.5 Å². The summed E-state index contributed by atoms with van der Waals surface area (Å²) in [4.78, 5) is 1.60. The molecule has 0 amide bonds. The number of nitrogens with zero attached hydrogens (tertiary/aromatic N) is 3. The van der Waals surface area contributed by atoms with E-state index < -0.39 is 10.0 Å². The zero-order valence-electron chi connectivity index (χ0n) is 16.4. The Morgan fingerprint density at radius 1 is 1.14 bits per heavy atom.